The summed E-state index contributed by atoms with van der Waals surface area (Å²) in [5, 5.41) is 13.0. The number of hydrogen-bond donors (Lipinski definition) is 1. The highest BCUT2D eigenvalue weighted by atomic mass is 16.0. The predicted octanol–water partition coefficient (Wildman–Crippen LogP) is -1.98. The maximum Gasteiger partial charge on any atom is 0.168 e. The molecule has 0 aliphatic carbocycles. The lowest BCUT2D eigenvalue weighted by atomic mass is 10.8. The second kappa shape index (κ2) is 2.80. The quantitative estimate of drug-likeness (QED) is 0.421. The Hall–Kier alpha value is -1.30. The maximum absolute atomic E-state index is 5.08. The Morgan fingerprint density at radius 2 is 2.12 bits per heavy atom. The molecule has 1 rings (SSSR count). The van der Waals surface area contributed by atoms with Gasteiger partial charge in [0.15, 0.2) is 5.82 Å². The summed E-state index contributed by atoms with van der Waals surface area (Å²) < 4.78 is 0. The van der Waals surface area contributed by atoms with Gasteiger partial charge in [0, 0.05) is 0 Å². The number of aromatic nitrogens is 4. The summed E-state index contributed by atoms with van der Waals surface area (Å²) >= 11 is 0. The lowest BCUT2D eigenvalue weighted by molar-refractivity contribution is 0.769. The Bertz CT molecular complexity index is 140. The first-order valence-electron chi connectivity index (χ1n) is 1.66. The van der Waals surface area contributed by atoms with Crippen LogP contribution in [0.1, 0.15) is 0 Å². The van der Waals surface area contributed by atoms with E-state index >= 15 is 0 Å². The molecular weight excluding hydrogens is 110 g/mol. The molecule has 0 amide bonds. The van der Waals surface area contributed by atoms with Gasteiger partial charge in [-0.15, -0.1) is 10.2 Å². The molecule has 0 aliphatic heterocycles. The normalized spacial score (nSPS) is 7.50. The molecular formula is C2H5N5O. The van der Waals surface area contributed by atoms with E-state index in [1.165, 1.54) is 6.20 Å². The highest BCUT2D eigenvalue weighted by molar-refractivity contribution is 5.17. The van der Waals surface area contributed by atoms with E-state index in [1.807, 2.05) is 0 Å². The zero-order chi connectivity index (χ0) is 5.11. The van der Waals surface area contributed by atoms with E-state index in [0.717, 1.165) is 0 Å². The van der Waals surface area contributed by atoms with Crippen molar-refractivity contribution in [3.8, 4) is 0 Å². The van der Waals surface area contributed by atoms with Gasteiger partial charge in [-0.1, -0.05) is 0 Å². The third-order valence-electron chi connectivity index (χ3n) is 0.442. The second-order valence-electron chi connectivity index (χ2n) is 0.948. The molecule has 0 fully saturated rings. The SMILES string of the molecule is Nc1cnnnn1.O. The van der Waals surface area contributed by atoms with E-state index < -0.39 is 0 Å². The summed E-state index contributed by atoms with van der Waals surface area (Å²) in [5.74, 6) is 0.287. The lowest BCUT2D eigenvalue weighted by Gasteiger charge is -1.79. The highest BCUT2D eigenvalue weighted by Gasteiger charge is 1.78. The van der Waals surface area contributed by atoms with E-state index in [2.05, 4.69) is 20.6 Å². The van der Waals surface area contributed by atoms with Gasteiger partial charge in [0.25, 0.3) is 0 Å². The zero-order valence-corrected chi connectivity index (χ0v) is 3.94. The number of rotatable bonds is 0. The molecule has 0 saturated carbocycles. The first kappa shape index (κ1) is 6.70. The first-order valence-corrected chi connectivity index (χ1v) is 1.66. The van der Waals surface area contributed by atoms with Gasteiger partial charge in [-0.25, -0.2) is 0 Å². The van der Waals surface area contributed by atoms with E-state index in [1.54, 1.807) is 0 Å². The van der Waals surface area contributed by atoms with Crippen LogP contribution in [0, 0.1) is 0 Å². The molecule has 4 N–H and O–H groups in total. The summed E-state index contributed by atoms with van der Waals surface area (Å²) in [6.45, 7) is 0. The molecule has 0 aliphatic rings. The minimum atomic E-state index is 0. The summed E-state index contributed by atoms with van der Waals surface area (Å²) in [6, 6.07) is 0. The molecule has 0 bridgehead atoms. The van der Waals surface area contributed by atoms with Crippen molar-refractivity contribution in [2.45, 2.75) is 0 Å². The molecule has 6 nitrogen and oxygen atoms in total. The standard InChI is InChI=1S/C2H3N5.H2O/c3-2-1-4-6-7-5-2;/h1H,(H2,3,5,6);1H2. The molecule has 44 valence electrons. The van der Waals surface area contributed by atoms with Crippen molar-refractivity contribution in [1.82, 2.24) is 20.6 Å². The molecule has 0 aromatic carbocycles. The van der Waals surface area contributed by atoms with Gasteiger partial charge >= 0.3 is 0 Å². The van der Waals surface area contributed by atoms with E-state index in [-0.39, 0.29) is 11.3 Å². The average Bonchev–Trinajstić information content (AvgIpc) is 1.69. The van der Waals surface area contributed by atoms with Gasteiger partial charge in [-0.3, -0.25) is 0 Å². The van der Waals surface area contributed by atoms with Crippen LogP contribution in [-0.2, 0) is 0 Å². The molecule has 6 heteroatoms. The van der Waals surface area contributed by atoms with Crippen LogP contribution in [0.3, 0.4) is 0 Å². The minimum absolute atomic E-state index is 0. The van der Waals surface area contributed by atoms with Crippen LogP contribution in [-0.4, -0.2) is 26.1 Å². The Morgan fingerprint density at radius 1 is 1.38 bits per heavy atom. The Morgan fingerprint density at radius 3 is 2.38 bits per heavy atom. The van der Waals surface area contributed by atoms with Gasteiger partial charge in [0.05, 0.1) is 6.20 Å². The molecule has 1 aromatic heterocycles. The van der Waals surface area contributed by atoms with Crippen molar-refractivity contribution >= 4 is 5.82 Å². The van der Waals surface area contributed by atoms with Crippen molar-refractivity contribution < 1.29 is 5.48 Å². The number of anilines is 1. The predicted molar refractivity (Wildman–Crippen MR) is 25.6 cm³/mol. The maximum atomic E-state index is 5.08. The van der Waals surface area contributed by atoms with Gasteiger partial charge in [0.1, 0.15) is 0 Å². The Balaban J connectivity index is 0.000000490. The molecule has 0 spiro atoms. The van der Waals surface area contributed by atoms with Crippen LogP contribution in [0.25, 0.3) is 0 Å². The Kier molecular flexibility index (Phi) is 2.35. The van der Waals surface area contributed by atoms with Crippen molar-refractivity contribution in [1.29, 1.82) is 0 Å². The summed E-state index contributed by atoms with van der Waals surface area (Å²) in [5.41, 5.74) is 5.08. The highest BCUT2D eigenvalue weighted by Crippen LogP contribution is 1.79. The van der Waals surface area contributed by atoms with Crippen LogP contribution >= 0.6 is 0 Å². The van der Waals surface area contributed by atoms with Gasteiger partial charge in [-0.05, 0) is 10.4 Å². The zero-order valence-electron chi connectivity index (χ0n) is 3.94. The molecule has 0 saturated heterocycles. The van der Waals surface area contributed by atoms with Crippen LogP contribution in [0.15, 0.2) is 6.20 Å². The third-order valence-corrected chi connectivity index (χ3v) is 0.442. The van der Waals surface area contributed by atoms with Crippen molar-refractivity contribution in [3.63, 3.8) is 0 Å². The second-order valence-corrected chi connectivity index (χ2v) is 0.948. The van der Waals surface area contributed by atoms with Crippen LogP contribution in [0.5, 0.6) is 0 Å². The smallest absolute Gasteiger partial charge is 0.168 e. The van der Waals surface area contributed by atoms with Gasteiger partial charge in [0.2, 0.25) is 0 Å². The fraction of sp³-hybridized carbons (Fsp3) is 0. The number of nitrogen functional groups attached to an aromatic ring is 1. The summed E-state index contributed by atoms with van der Waals surface area (Å²) in [6.07, 6.45) is 1.33. The summed E-state index contributed by atoms with van der Waals surface area (Å²) in [7, 11) is 0. The molecule has 0 unspecified atom stereocenters. The molecule has 1 aromatic rings. The number of nitrogens with zero attached hydrogens (tertiary/aromatic N) is 4. The monoisotopic (exact) mass is 115 g/mol. The van der Waals surface area contributed by atoms with Crippen molar-refractivity contribution in [3.05, 3.63) is 6.20 Å². The number of hydrogen-bond acceptors (Lipinski definition) is 5. The summed E-state index contributed by atoms with van der Waals surface area (Å²) in [4.78, 5) is 0. The van der Waals surface area contributed by atoms with Gasteiger partial charge < -0.3 is 11.2 Å². The van der Waals surface area contributed by atoms with Crippen LogP contribution in [0.2, 0.25) is 0 Å². The largest absolute Gasteiger partial charge is 0.412 e. The van der Waals surface area contributed by atoms with E-state index in [0.29, 0.717) is 0 Å². The first-order chi connectivity index (χ1) is 3.39. The minimum Gasteiger partial charge on any atom is -0.412 e. The lowest BCUT2D eigenvalue weighted by Crippen LogP contribution is -1.95. The van der Waals surface area contributed by atoms with Gasteiger partial charge in [-0.2, -0.15) is 0 Å². The van der Waals surface area contributed by atoms with Crippen molar-refractivity contribution in [2.24, 2.45) is 0 Å². The molecule has 1 heterocycles. The fourth-order valence-corrected chi connectivity index (χ4v) is 0.206. The molecule has 0 atom stereocenters. The fourth-order valence-electron chi connectivity index (χ4n) is 0.206. The molecule has 0 radical (unpaired) electrons. The van der Waals surface area contributed by atoms with Crippen LogP contribution in [0.4, 0.5) is 5.82 Å². The van der Waals surface area contributed by atoms with E-state index in [9.17, 15) is 0 Å². The van der Waals surface area contributed by atoms with E-state index in [4.69, 9.17) is 5.73 Å². The number of nitrogens with two attached hydrogens (primary N) is 1. The average molecular weight is 115 g/mol. The topological polar surface area (TPSA) is 109 Å². The van der Waals surface area contributed by atoms with Crippen molar-refractivity contribution in [2.75, 3.05) is 5.73 Å². The third kappa shape index (κ3) is 1.43. The molecule has 8 heavy (non-hydrogen) atoms. The Labute approximate surface area is 45.0 Å². The van der Waals surface area contributed by atoms with Crippen LogP contribution < -0.4 is 5.73 Å².